The molecule has 0 aliphatic heterocycles. The van der Waals surface area contributed by atoms with Crippen molar-refractivity contribution < 1.29 is 14.6 Å². The fraction of sp³-hybridized carbons (Fsp3) is 0.500. The molecule has 21 heavy (non-hydrogen) atoms. The SMILES string of the molecule is CCCCCCCCc1ccc(C=CC(=O)OOC)cc1. The van der Waals surface area contributed by atoms with E-state index in [2.05, 4.69) is 28.8 Å². The number of aryl methyl sites for hydroxylation is 1. The van der Waals surface area contributed by atoms with E-state index in [1.165, 1.54) is 57.3 Å². The molecular weight excluding hydrogens is 264 g/mol. The molecule has 0 saturated carbocycles. The highest BCUT2D eigenvalue weighted by molar-refractivity contribution is 5.86. The molecule has 0 spiro atoms. The van der Waals surface area contributed by atoms with E-state index in [0.29, 0.717) is 0 Å². The molecule has 0 bridgehead atoms. The van der Waals surface area contributed by atoms with Gasteiger partial charge in [0.1, 0.15) is 0 Å². The Labute approximate surface area is 127 Å². The summed E-state index contributed by atoms with van der Waals surface area (Å²) in [5.74, 6) is -0.506. The first kappa shape index (κ1) is 17.4. The summed E-state index contributed by atoms with van der Waals surface area (Å²) in [7, 11) is 1.31. The largest absolute Gasteiger partial charge is 0.365 e. The van der Waals surface area contributed by atoms with E-state index in [9.17, 15) is 4.79 Å². The monoisotopic (exact) mass is 290 g/mol. The number of carbonyl (C=O) groups is 1. The molecule has 0 aliphatic carbocycles. The van der Waals surface area contributed by atoms with Crippen molar-refractivity contribution >= 4 is 12.0 Å². The highest BCUT2D eigenvalue weighted by atomic mass is 17.2. The number of unbranched alkanes of at least 4 members (excludes halogenated alkanes) is 5. The normalized spacial score (nSPS) is 11.0. The standard InChI is InChI=1S/C18H26O3/c1-3-4-5-6-7-8-9-16-10-12-17(13-11-16)14-15-18(19)21-20-2/h10-15H,3-9H2,1-2H3. The zero-order valence-electron chi connectivity index (χ0n) is 13.1. The molecule has 1 aromatic rings. The van der Waals surface area contributed by atoms with E-state index < -0.39 is 5.97 Å². The third-order valence-corrected chi connectivity index (χ3v) is 3.38. The van der Waals surface area contributed by atoms with Gasteiger partial charge in [-0.2, -0.15) is 4.89 Å². The van der Waals surface area contributed by atoms with Gasteiger partial charge >= 0.3 is 5.97 Å². The molecule has 1 aromatic carbocycles. The van der Waals surface area contributed by atoms with Crippen molar-refractivity contribution in [3.05, 3.63) is 41.5 Å². The van der Waals surface area contributed by atoms with E-state index in [1.807, 2.05) is 12.1 Å². The highest BCUT2D eigenvalue weighted by Crippen LogP contribution is 2.12. The maximum absolute atomic E-state index is 11.1. The van der Waals surface area contributed by atoms with Crippen molar-refractivity contribution in [1.29, 1.82) is 0 Å². The zero-order chi connectivity index (χ0) is 15.3. The van der Waals surface area contributed by atoms with Crippen LogP contribution in [0.2, 0.25) is 0 Å². The molecule has 0 heterocycles. The van der Waals surface area contributed by atoms with Crippen LogP contribution in [0.5, 0.6) is 0 Å². The molecule has 0 aromatic heterocycles. The van der Waals surface area contributed by atoms with E-state index >= 15 is 0 Å². The molecule has 0 saturated heterocycles. The molecule has 116 valence electrons. The van der Waals surface area contributed by atoms with Gasteiger partial charge in [0.2, 0.25) is 0 Å². The summed E-state index contributed by atoms with van der Waals surface area (Å²) in [4.78, 5) is 19.7. The Morgan fingerprint density at radius 2 is 1.71 bits per heavy atom. The second kappa shape index (κ2) is 11.1. The van der Waals surface area contributed by atoms with Gasteiger partial charge < -0.3 is 0 Å². The lowest BCUT2D eigenvalue weighted by atomic mass is 10.0. The minimum absolute atomic E-state index is 0.506. The lowest BCUT2D eigenvalue weighted by Crippen LogP contribution is -1.97. The second-order valence-electron chi connectivity index (χ2n) is 5.16. The fourth-order valence-corrected chi connectivity index (χ4v) is 2.18. The fourth-order valence-electron chi connectivity index (χ4n) is 2.18. The van der Waals surface area contributed by atoms with Crippen LogP contribution in [0.1, 0.15) is 56.6 Å². The Hall–Kier alpha value is -1.61. The summed E-state index contributed by atoms with van der Waals surface area (Å²) in [5.41, 5.74) is 2.33. The van der Waals surface area contributed by atoms with E-state index in [-0.39, 0.29) is 0 Å². The van der Waals surface area contributed by atoms with Crippen molar-refractivity contribution in [2.45, 2.75) is 51.9 Å². The molecule has 0 N–H and O–H groups in total. The Morgan fingerprint density at radius 1 is 1.05 bits per heavy atom. The summed E-state index contributed by atoms with van der Waals surface area (Å²) in [6, 6.07) is 8.27. The second-order valence-corrected chi connectivity index (χ2v) is 5.16. The van der Waals surface area contributed by atoms with Crippen LogP contribution in [-0.2, 0) is 21.0 Å². The number of hydrogen-bond donors (Lipinski definition) is 0. The van der Waals surface area contributed by atoms with Gasteiger partial charge in [-0.05, 0) is 30.0 Å². The van der Waals surface area contributed by atoms with Crippen molar-refractivity contribution in [2.24, 2.45) is 0 Å². The lowest BCUT2D eigenvalue weighted by Gasteiger charge is -2.03. The van der Waals surface area contributed by atoms with Crippen molar-refractivity contribution in [1.82, 2.24) is 0 Å². The van der Waals surface area contributed by atoms with Crippen LogP contribution < -0.4 is 0 Å². The van der Waals surface area contributed by atoms with Crippen molar-refractivity contribution in [2.75, 3.05) is 7.11 Å². The quantitative estimate of drug-likeness (QED) is 0.271. The minimum atomic E-state index is -0.506. The maximum atomic E-state index is 11.1. The number of rotatable bonds is 10. The van der Waals surface area contributed by atoms with Gasteiger partial charge in [-0.3, -0.25) is 4.89 Å². The molecule has 0 radical (unpaired) electrons. The topological polar surface area (TPSA) is 35.5 Å². The first-order chi connectivity index (χ1) is 10.3. The summed E-state index contributed by atoms with van der Waals surface area (Å²) in [6.07, 6.45) is 12.1. The van der Waals surface area contributed by atoms with Gasteiger partial charge in [0.15, 0.2) is 0 Å². The highest BCUT2D eigenvalue weighted by Gasteiger charge is 1.97. The van der Waals surface area contributed by atoms with Gasteiger partial charge in [0.25, 0.3) is 0 Å². The Kier molecular flexibility index (Phi) is 9.21. The van der Waals surface area contributed by atoms with Crippen LogP contribution in [0.15, 0.2) is 30.3 Å². The van der Waals surface area contributed by atoms with Crippen LogP contribution in [0.4, 0.5) is 0 Å². The zero-order valence-corrected chi connectivity index (χ0v) is 13.1. The molecular formula is C18H26O3. The number of benzene rings is 1. The van der Waals surface area contributed by atoms with Gasteiger partial charge in [-0.25, -0.2) is 4.79 Å². The molecule has 0 atom stereocenters. The van der Waals surface area contributed by atoms with Gasteiger partial charge in [-0.1, -0.05) is 63.3 Å². The molecule has 1 rings (SSSR count). The molecule has 3 heteroatoms. The Bertz CT molecular complexity index is 421. The Balaban J connectivity index is 2.28. The van der Waals surface area contributed by atoms with Crippen LogP contribution in [-0.4, -0.2) is 13.1 Å². The van der Waals surface area contributed by atoms with Crippen molar-refractivity contribution in [3.63, 3.8) is 0 Å². The first-order valence-corrected chi connectivity index (χ1v) is 7.78. The van der Waals surface area contributed by atoms with E-state index in [0.717, 1.165) is 12.0 Å². The van der Waals surface area contributed by atoms with E-state index in [1.54, 1.807) is 6.08 Å². The smallest absolute Gasteiger partial charge is 0.294 e. The molecule has 0 unspecified atom stereocenters. The maximum Gasteiger partial charge on any atom is 0.365 e. The summed E-state index contributed by atoms with van der Waals surface area (Å²) in [5, 5.41) is 0. The van der Waals surface area contributed by atoms with E-state index in [4.69, 9.17) is 0 Å². The summed E-state index contributed by atoms with van der Waals surface area (Å²) in [6.45, 7) is 2.24. The summed E-state index contributed by atoms with van der Waals surface area (Å²) < 4.78 is 0. The Morgan fingerprint density at radius 3 is 2.38 bits per heavy atom. The predicted molar refractivity (Wildman–Crippen MR) is 85.7 cm³/mol. The number of carbonyl (C=O) groups excluding carboxylic acids is 1. The first-order valence-electron chi connectivity index (χ1n) is 7.78. The minimum Gasteiger partial charge on any atom is -0.294 e. The molecule has 3 nitrogen and oxygen atoms in total. The van der Waals surface area contributed by atoms with Gasteiger partial charge in [-0.15, -0.1) is 0 Å². The third kappa shape index (κ3) is 8.30. The third-order valence-electron chi connectivity index (χ3n) is 3.38. The summed E-state index contributed by atoms with van der Waals surface area (Å²) >= 11 is 0. The van der Waals surface area contributed by atoms with Gasteiger partial charge in [0, 0.05) is 6.08 Å². The lowest BCUT2D eigenvalue weighted by molar-refractivity contribution is -0.249. The van der Waals surface area contributed by atoms with Gasteiger partial charge in [0.05, 0.1) is 7.11 Å². The number of hydrogen-bond acceptors (Lipinski definition) is 3. The van der Waals surface area contributed by atoms with Crippen LogP contribution in [0.3, 0.4) is 0 Å². The van der Waals surface area contributed by atoms with Crippen LogP contribution in [0.25, 0.3) is 6.08 Å². The molecule has 0 amide bonds. The average molecular weight is 290 g/mol. The van der Waals surface area contributed by atoms with Crippen LogP contribution >= 0.6 is 0 Å². The average Bonchev–Trinajstić information content (AvgIpc) is 2.50. The van der Waals surface area contributed by atoms with Crippen molar-refractivity contribution in [3.8, 4) is 0 Å². The molecule has 0 aliphatic rings. The van der Waals surface area contributed by atoms with Crippen LogP contribution in [0, 0.1) is 0 Å². The molecule has 0 fully saturated rings. The predicted octanol–water partition coefficient (Wildman–Crippen LogP) is 4.71.